The molecule has 0 atom stereocenters. The molecule has 2 N–H and O–H groups in total. The minimum absolute atomic E-state index is 0.968. The minimum Gasteiger partial charge on any atom is -0.319 e. The summed E-state index contributed by atoms with van der Waals surface area (Å²) in [4.78, 5) is 0. The van der Waals surface area contributed by atoms with Crippen LogP contribution >= 0.6 is 0 Å². The molecule has 2 rings (SSSR count). The summed E-state index contributed by atoms with van der Waals surface area (Å²) >= 11 is 0. The second-order valence-electron chi connectivity index (χ2n) is 4.00. The molecule has 0 unspecified atom stereocenters. The Balaban J connectivity index is 2.18. The molecule has 0 saturated carbocycles. The van der Waals surface area contributed by atoms with Gasteiger partial charge in [-0.2, -0.15) is 5.10 Å². The van der Waals surface area contributed by atoms with E-state index in [0.29, 0.717) is 0 Å². The molecule has 16 heavy (non-hydrogen) atoms. The normalized spacial score (nSPS) is 10.6. The molecule has 0 fully saturated rings. The molecule has 0 aliphatic carbocycles. The lowest BCUT2D eigenvalue weighted by Crippen LogP contribution is -2.10. The number of aromatic amines is 1. The van der Waals surface area contributed by atoms with Gasteiger partial charge in [0.25, 0.3) is 0 Å². The molecule has 1 heterocycles. The monoisotopic (exact) mass is 215 g/mol. The maximum atomic E-state index is 4.33. The fourth-order valence-corrected chi connectivity index (χ4v) is 1.70. The van der Waals surface area contributed by atoms with Crippen molar-refractivity contribution < 1.29 is 0 Å². The van der Waals surface area contributed by atoms with Gasteiger partial charge in [-0.1, -0.05) is 23.8 Å². The highest BCUT2D eigenvalue weighted by Gasteiger charge is 2.03. The number of rotatable bonds is 4. The molecule has 2 aromatic rings. The minimum atomic E-state index is 0.968. The smallest absolute Gasteiger partial charge is 0.0923 e. The molecular weight excluding hydrogens is 198 g/mol. The zero-order valence-electron chi connectivity index (χ0n) is 9.75. The molecule has 3 nitrogen and oxygen atoms in total. The lowest BCUT2D eigenvalue weighted by molar-refractivity contribution is 0.772. The number of hydrogen-bond donors (Lipinski definition) is 2. The van der Waals surface area contributed by atoms with E-state index in [1.165, 1.54) is 16.8 Å². The van der Waals surface area contributed by atoms with Crippen LogP contribution in [0.15, 0.2) is 30.3 Å². The molecule has 0 aliphatic heterocycles. The van der Waals surface area contributed by atoms with E-state index < -0.39 is 0 Å². The summed E-state index contributed by atoms with van der Waals surface area (Å²) in [6.45, 7) is 3.06. The van der Waals surface area contributed by atoms with Crippen LogP contribution in [-0.4, -0.2) is 23.8 Å². The Kier molecular flexibility index (Phi) is 3.37. The Hall–Kier alpha value is -1.61. The number of aromatic nitrogens is 2. The van der Waals surface area contributed by atoms with Crippen molar-refractivity contribution in [2.45, 2.75) is 13.3 Å². The van der Waals surface area contributed by atoms with E-state index in [0.717, 1.165) is 18.7 Å². The van der Waals surface area contributed by atoms with Crippen molar-refractivity contribution >= 4 is 0 Å². The molecule has 1 aromatic carbocycles. The van der Waals surface area contributed by atoms with Crippen LogP contribution in [-0.2, 0) is 6.42 Å². The van der Waals surface area contributed by atoms with E-state index in [4.69, 9.17) is 0 Å². The fourth-order valence-electron chi connectivity index (χ4n) is 1.70. The summed E-state index contributed by atoms with van der Waals surface area (Å²) in [5, 5.41) is 10.5. The predicted molar refractivity (Wildman–Crippen MR) is 66.4 cm³/mol. The molecule has 84 valence electrons. The average Bonchev–Trinajstić information content (AvgIpc) is 2.75. The molecule has 0 aliphatic rings. The zero-order valence-corrected chi connectivity index (χ0v) is 9.75. The Morgan fingerprint density at radius 2 is 2.19 bits per heavy atom. The lowest BCUT2D eigenvalue weighted by Gasteiger charge is -1.97. The number of benzene rings is 1. The predicted octanol–water partition coefficient (Wildman–Crippen LogP) is 2.15. The van der Waals surface area contributed by atoms with E-state index in [-0.39, 0.29) is 0 Å². The van der Waals surface area contributed by atoms with Crippen molar-refractivity contribution in [2.75, 3.05) is 13.6 Å². The first kappa shape index (κ1) is 10.9. The zero-order chi connectivity index (χ0) is 11.4. The quantitative estimate of drug-likeness (QED) is 0.820. The van der Waals surface area contributed by atoms with Crippen LogP contribution in [0, 0.1) is 6.92 Å². The first-order valence-electron chi connectivity index (χ1n) is 5.55. The van der Waals surface area contributed by atoms with Crippen LogP contribution in [0.4, 0.5) is 0 Å². The van der Waals surface area contributed by atoms with Gasteiger partial charge in [0.1, 0.15) is 0 Å². The molecule has 0 bridgehead atoms. The summed E-state index contributed by atoms with van der Waals surface area (Å²) in [6, 6.07) is 10.5. The van der Waals surface area contributed by atoms with Crippen LogP contribution in [0.1, 0.15) is 11.3 Å². The third-order valence-corrected chi connectivity index (χ3v) is 2.59. The van der Waals surface area contributed by atoms with Gasteiger partial charge >= 0.3 is 0 Å². The van der Waals surface area contributed by atoms with Crippen molar-refractivity contribution in [2.24, 2.45) is 0 Å². The van der Waals surface area contributed by atoms with Gasteiger partial charge in [-0.05, 0) is 26.1 Å². The van der Waals surface area contributed by atoms with Gasteiger partial charge in [-0.25, -0.2) is 0 Å². The number of nitrogens with zero attached hydrogens (tertiary/aromatic N) is 1. The number of likely N-dealkylation sites (N-methyl/N-ethyl adjacent to an activating group) is 1. The van der Waals surface area contributed by atoms with Crippen LogP contribution in [0.5, 0.6) is 0 Å². The molecule has 1 aromatic heterocycles. The largest absolute Gasteiger partial charge is 0.319 e. The van der Waals surface area contributed by atoms with Gasteiger partial charge in [0.2, 0.25) is 0 Å². The van der Waals surface area contributed by atoms with Gasteiger partial charge in [0.05, 0.1) is 5.69 Å². The van der Waals surface area contributed by atoms with Crippen molar-refractivity contribution in [3.8, 4) is 11.3 Å². The van der Waals surface area contributed by atoms with Crippen LogP contribution < -0.4 is 5.32 Å². The van der Waals surface area contributed by atoms with Crippen molar-refractivity contribution in [1.29, 1.82) is 0 Å². The molecule has 0 radical (unpaired) electrons. The number of nitrogens with one attached hydrogen (secondary N) is 2. The lowest BCUT2D eigenvalue weighted by atomic mass is 10.1. The Morgan fingerprint density at radius 1 is 1.31 bits per heavy atom. The van der Waals surface area contributed by atoms with Crippen LogP contribution in [0.3, 0.4) is 0 Å². The maximum absolute atomic E-state index is 4.33. The number of aryl methyl sites for hydroxylation is 1. The highest BCUT2D eigenvalue weighted by atomic mass is 15.1. The Labute approximate surface area is 95.9 Å². The topological polar surface area (TPSA) is 40.7 Å². The number of H-pyrrole nitrogens is 1. The SMILES string of the molecule is CNCCc1cc(-c2cccc(C)c2)n[nH]1. The van der Waals surface area contributed by atoms with Crippen LogP contribution in [0.2, 0.25) is 0 Å². The number of hydrogen-bond acceptors (Lipinski definition) is 2. The highest BCUT2D eigenvalue weighted by molar-refractivity contribution is 5.60. The summed E-state index contributed by atoms with van der Waals surface area (Å²) in [7, 11) is 1.96. The van der Waals surface area contributed by atoms with Crippen molar-refractivity contribution in [3.05, 3.63) is 41.6 Å². The standard InChI is InChI=1S/C13H17N3/c1-10-4-3-5-11(8-10)13-9-12(15-16-13)6-7-14-2/h3-5,8-9,14H,6-7H2,1-2H3,(H,15,16). The molecule has 3 heteroatoms. The summed E-state index contributed by atoms with van der Waals surface area (Å²) in [5.41, 5.74) is 4.63. The molecule has 0 saturated heterocycles. The van der Waals surface area contributed by atoms with Crippen molar-refractivity contribution in [3.63, 3.8) is 0 Å². The second kappa shape index (κ2) is 4.94. The van der Waals surface area contributed by atoms with E-state index in [9.17, 15) is 0 Å². The summed E-state index contributed by atoms with van der Waals surface area (Å²) in [6.07, 6.45) is 0.981. The van der Waals surface area contributed by atoms with Crippen molar-refractivity contribution in [1.82, 2.24) is 15.5 Å². The summed E-state index contributed by atoms with van der Waals surface area (Å²) in [5.74, 6) is 0. The fraction of sp³-hybridized carbons (Fsp3) is 0.308. The van der Waals surface area contributed by atoms with Gasteiger partial charge in [0, 0.05) is 24.2 Å². The maximum Gasteiger partial charge on any atom is 0.0923 e. The highest BCUT2D eigenvalue weighted by Crippen LogP contribution is 2.18. The Morgan fingerprint density at radius 3 is 2.94 bits per heavy atom. The van der Waals surface area contributed by atoms with E-state index in [1.54, 1.807) is 0 Å². The van der Waals surface area contributed by atoms with Gasteiger partial charge in [-0.3, -0.25) is 5.10 Å². The van der Waals surface area contributed by atoms with E-state index in [1.807, 2.05) is 7.05 Å². The van der Waals surface area contributed by atoms with Gasteiger partial charge < -0.3 is 5.32 Å². The molecular formula is C13H17N3. The summed E-state index contributed by atoms with van der Waals surface area (Å²) < 4.78 is 0. The third-order valence-electron chi connectivity index (χ3n) is 2.59. The average molecular weight is 215 g/mol. The third kappa shape index (κ3) is 2.49. The second-order valence-corrected chi connectivity index (χ2v) is 4.00. The van der Waals surface area contributed by atoms with Crippen LogP contribution in [0.25, 0.3) is 11.3 Å². The first-order chi connectivity index (χ1) is 7.79. The van der Waals surface area contributed by atoms with E-state index in [2.05, 4.69) is 52.8 Å². The molecule has 0 amide bonds. The van der Waals surface area contributed by atoms with E-state index >= 15 is 0 Å². The Bertz CT molecular complexity index is 460. The first-order valence-corrected chi connectivity index (χ1v) is 5.55. The van der Waals surface area contributed by atoms with Gasteiger partial charge in [0.15, 0.2) is 0 Å². The van der Waals surface area contributed by atoms with Gasteiger partial charge in [-0.15, -0.1) is 0 Å². The molecule has 0 spiro atoms.